The van der Waals surface area contributed by atoms with E-state index in [1.165, 1.54) is 0 Å². The molecule has 0 aromatic carbocycles. The van der Waals surface area contributed by atoms with Gasteiger partial charge in [0, 0.05) is 19.0 Å². The number of carbonyl (C=O) groups excluding carboxylic acids is 2. The topological polar surface area (TPSA) is 84.2 Å². The van der Waals surface area contributed by atoms with Crippen LogP contribution in [0.5, 0.6) is 0 Å². The zero-order valence-corrected chi connectivity index (χ0v) is 10.6. The summed E-state index contributed by atoms with van der Waals surface area (Å²) < 4.78 is 0. The van der Waals surface area contributed by atoms with Crippen LogP contribution >= 0.6 is 0 Å². The van der Waals surface area contributed by atoms with E-state index < -0.39 is 0 Å². The summed E-state index contributed by atoms with van der Waals surface area (Å²) in [6.07, 6.45) is 0.409. The van der Waals surface area contributed by atoms with Crippen LogP contribution in [0.25, 0.3) is 0 Å². The van der Waals surface area contributed by atoms with Crippen LogP contribution in [-0.2, 0) is 9.59 Å². The molecule has 0 rings (SSSR count). The normalized spacial score (nSPS) is 13.1. The van der Waals surface area contributed by atoms with E-state index in [1.54, 1.807) is 0 Å². The Labute approximate surface area is 97.2 Å². The SMILES string of the molecule is C[C@@H](CN)NC(=O)CNC(=O)CC(C)(C)C. The second-order valence-corrected chi connectivity index (χ2v) is 5.22. The number of hydrogen-bond donors (Lipinski definition) is 3. The molecule has 0 aliphatic heterocycles. The van der Waals surface area contributed by atoms with Gasteiger partial charge < -0.3 is 16.4 Å². The van der Waals surface area contributed by atoms with Crippen molar-refractivity contribution in [3.05, 3.63) is 0 Å². The number of nitrogens with two attached hydrogens (primary N) is 1. The first-order chi connectivity index (χ1) is 7.24. The van der Waals surface area contributed by atoms with Gasteiger partial charge in [-0.3, -0.25) is 9.59 Å². The molecule has 0 aliphatic rings. The number of carbonyl (C=O) groups is 2. The Kier molecular flexibility index (Phi) is 6.03. The van der Waals surface area contributed by atoms with E-state index in [0.717, 1.165) is 0 Å². The Bertz CT molecular complexity index is 246. The monoisotopic (exact) mass is 229 g/mol. The molecule has 94 valence electrons. The minimum Gasteiger partial charge on any atom is -0.351 e. The van der Waals surface area contributed by atoms with Gasteiger partial charge in [0.1, 0.15) is 0 Å². The van der Waals surface area contributed by atoms with E-state index in [9.17, 15) is 9.59 Å². The molecule has 5 heteroatoms. The van der Waals surface area contributed by atoms with Crippen LogP contribution in [0.15, 0.2) is 0 Å². The zero-order chi connectivity index (χ0) is 12.8. The lowest BCUT2D eigenvalue weighted by molar-refractivity contribution is -0.127. The summed E-state index contributed by atoms with van der Waals surface area (Å²) in [6.45, 7) is 8.14. The molecule has 0 spiro atoms. The Morgan fingerprint density at radius 1 is 1.25 bits per heavy atom. The Morgan fingerprint density at radius 2 is 1.81 bits per heavy atom. The summed E-state index contributed by atoms with van der Waals surface area (Å²) in [4.78, 5) is 22.7. The lowest BCUT2D eigenvalue weighted by Crippen LogP contribution is -2.44. The third-order valence-electron chi connectivity index (χ3n) is 1.90. The van der Waals surface area contributed by atoms with Crippen molar-refractivity contribution in [1.29, 1.82) is 0 Å². The maximum atomic E-state index is 11.4. The molecule has 0 saturated carbocycles. The summed E-state index contributed by atoms with van der Waals surface area (Å²) in [5, 5.41) is 5.25. The Morgan fingerprint density at radius 3 is 2.25 bits per heavy atom. The first-order valence-corrected chi connectivity index (χ1v) is 5.50. The van der Waals surface area contributed by atoms with Crippen LogP contribution in [0.4, 0.5) is 0 Å². The predicted octanol–water partition coefficient (Wildman–Crippen LogP) is 0.00220. The molecule has 2 amide bonds. The molecule has 1 atom stereocenters. The van der Waals surface area contributed by atoms with Gasteiger partial charge in [-0.2, -0.15) is 0 Å². The quantitative estimate of drug-likeness (QED) is 0.620. The van der Waals surface area contributed by atoms with Gasteiger partial charge in [-0.25, -0.2) is 0 Å². The van der Waals surface area contributed by atoms with Crippen LogP contribution in [-0.4, -0.2) is 30.9 Å². The molecular weight excluding hydrogens is 206 g/mol. The summed E-state index contributed by atoms with van der Waals surface area (Å²) in [7, 11) is 0. The molecule has 0 heterocycles. The van der Waals surface area contributed by atoms with E-state index in [-0.39, 0.29) is 29.8 Å². The molecule has 0 unspecified atom stereocenters. The van der Waals surface area contributed by atoms with Crippen molar-refractivity contribution in [2.75, 3.05) is 13.1 Å². The fourth-order valence-corrected chi connectivity index (χ4v) is 1.11. The molecule has 0 fully saturated rings. The average molecular weight is 229 g/mol. The van der Waals surface area contributed by atoms with Gasteiger partial charge in [0.2, 0.25) is 11.8 Å². The second-order valence-electron chi connectivity index (χ2n) is 5.22. The van der Waals surface area contributed by atoms with Crippen LogP contribution in [0.3, 0.4) is 0 Å². The van der Waals surface area contributed by atoms with Crippen LogP contribution < -0.4 is 16.4 Å². The molecule has 16 heavy (non-hydrogen) atoms. The van der Waals surface area contributed by atoms with E-state index in [2.05, 4.69) is 10.6 Å². The number of hydrogen-bond acceptors (Lipinski definition) is 3. The Hall–Kier alpha value is -1.10. The van der Waals surface area contributed by atoms with Gasteiger partial charge in [-0.15, -0.1) is 0 Å². The largest absolute Gasteiger partial charge is 0.351 e. The summed E-state index contributed by atoms with van der Waals surface area (Å²) >= 11 is 0. The number of rotatable bonds is 5. The molecule has 0 aromatic heterocycles. The maximum Gasteiger partial charge on any atom is 0.239 e. The summed E-state index contributed by atoms with van der Waals surface area (Å²) in [5.74, 6) is -0.316. The highest BCUT2D eigenvalue weighted by molar-refractivity contribution is 5.84. The molecule has 0 aromatic rings. The average Bonchev–Trinajstić information content (AvgIpc) is 2.12. The summed E-state index contributed by atoms with van der Waals surface area (Å²) in [5.41, 5.74) is 5.29. The van der Waals surface area contributed by atoms with Crippen molar-refractivity contribution in [1.82, 2.24) is 10.6 Å². The van der Waals surface area contributed by atoms with Crippen LogP contribution in [0.2, 0.25) is 0 Å². The van der Waals surface area contributed by atoms with Gasteiger partial charge in [0.25, 0.3) is 0 Å². The van der Waals surface area contributed by atoms with Crippen molar-refractivity contribution in [3.8, 4) is 0 Å². The Balaban J connectivity index is 3.80. The molecule has 0 saturated heterocycles. The second kappa shape index (κ2) is 6.48. The van der Waals surface area contributed by atoms with E-state index in [1.807, 2.05) is 27.7 Å². The lowest BCUT2D eigenvalue weighted by atomic mass is 9.92. The van der Waals surface area contributed by atoms with Crippen LogP contribution in [0, 0.1) is 5.41 Å². The standard InChI is InChI=1S/C11H23N3O2/c1-8(6-12)14-10(16)7-13-9(15)5-11(2,3)4/h8H,5-7,12H2,1-4H3,(H,13,15)(H,14,16)/t8-/m0/s1. The van der Waals surface area contributed by atoms with E-state index >= 15 is 0 Å². The predicted molar refractivity (Wildman–Crippen MR) is 63.7 cm³/mol. The zero-order valence-electron chi connectivity index (χ0n) is 10.6. The fourth-order valence-electron chi connectivity index (χ4n) is 1.11. The number of nitrogens with one attached hydrogen (secondary N) is 2. The first kappa shape index (κ1) is 14.9. The molecule has 0 bridgehead atoms. The minimum absolute atomic E-state index is 0.0131. The molecular formula is C11H23N3O2. The van der Waals surface area contributed by atoms with Crippen LogP contribution in [0.1, 0.15) is 34.1 Å². The lowest BCUT2D eigenvalue weighted by Gasteiger charge is -2.17. The number of amides is 2. The minimum atomic E-state index is -0.208. The summed E-state index contributed by atoms with van der Waals surface area (Å²) in [6, 6.07) is -0.0629. The van der Waals surface area contributed by atoms with Gasteiger partial charge >= 0.3 is 0 Å². The highest BCUT2D eigenvalue weighted by atomic mass is 16.2. The van der Waals surface area contributed by atoms with Crippen molar-refractivity contribution in [2.24, 2.45) is 11.1 Å². The molecule has 0 radical (unpaired) electrons. The van der Waals surface area contributed by atoms with Gasteiger partial charge in [0.15, 0.2) is 0 Å². The first-order valence-electron chi connectivity index (χ1n) is 5.50. The smallest absolute Gasteiger partial charge is 0.239 e. The maximum absolute atomic E-state index is 11.4. The van der Waals surface area contributed by atoms with Gasteiger partial charge in [-0.1, -0.05) is 20.8 Å². The van der Waals surface area contributed by atoms with E-state index in [4.69, 9.17) is 5.73 Å². The van der Waals surface area contributed by atoms with Crippen molar-refractivity contribution >= 4 is 11.8 Å². The molecule has 0 aliphatic carbocycles. The van der Waals surface area contributed by atoms with Gasteiger partial charge in [-0.05, 0) is 12.3 Å². The third kappa shape index (κ3) is 8.23. The van der Waals surface area contributed by atoms with Crippen molar-refractivity contribution < 1.29 is 9.59 Å². The third-order valence-corrected chi connectivity index (χ3v) is 1.90. The van der Waals surface area contributed by atoms with Crippen molar-refractivity contribution in [2.45, 2.75) is 40.2 Å². The van der Waals surface area contributed by atoms with Gasteiger partial charge in [0.05, 0.1) is 6.54 Å². The van der Waals surface area contributed by atoms with E-state index in [0.29, 0.717) is 13.0 Å². The molecule has 5 nitrogen and oxygen atoms in total. The highest BCUT2D eigenvalue weighted by Crippen LogP contribution is 2.17. The fraction of sp³-hybridized carbons (Fsp3) is 0.818. The molecule has 4 N–H and O–H groups in total. The highest BCUT2D eigenvalue weighted by Gasteiger charge is 2.16. The van der Waals surface area contributed by atoms with Crippen molar-refractivity contribution in [3.63, 3.8) is 0 Å².